The van der Waals surface area contributed by atoms with E-state index in [0.29, 0.717) is 43.5 Å². The topological polar surface area (TPSA) is 101 Å². The summed E-state index contributed by atoms with van der Waals surface area (Å²) in [6.45, 7) is 0.0740. The zero-order valence-electron chi connectivity index (χ0n) is 22.6. The van der Waals surface area contributed by atoms with Crippen molar-refractivity contribution in [2.45, 2.75) is 18.8 Å². The van der Waals surface area contributed by atoms with Crippen molar-refractivity contribution in [1.29, 1.82) is 0 Å². The number of ether oxygens (including phenoxy) is 3. The van der Waals surface area contributed by atoms with Crippen LogP contribution in [0.2, 0.25) is 10.0 Å². The molecular formula is C34H20Cl2O8. The molecule has 0 spiro atoms. The molecule has 0 saturated heterocycles. The molecule has 0 amide bonds. The monoisotopic (exact) mass is 626 g/mol. The van der Waals surface area contributed by atoms with Gasteiger partial charge in [0.25, 0.3) is 0 Å². The van der Waals surface area contributed by atoms with E-state index in [0.717, 1.165) is 11.1 Å². The van der Waals surface area contributed by atoms with E-state index in [1.54, 1.807) is 54.8 Å². The van der Waals surface area contributed by atoms with Crippen LogP contribution in [-0.4, -0.2) is 0 Å². The van der Waals surface area contributed by atoms with Crippen LogP contribution in [0.25, 0.3) is 33.5 Å². The van der Waals surface area contributed by atoms with Gasteiger partial charge in [0, 0.05) is 10.0 Å². The lowest BCUT2D eigenvalue weighted by Gasteiger charge is -2.33. The Morgan fingerprint density at radius 1 is 0.795 bits per heavy atom. The van der Waals surface area contributed by atoms with Crippen LogP contribution in [0.15, 0.2) is 114 Å². The molecule has 0 bridgehead atoms. The Kier molecular flexibility index (Phi) is 6.29. The van der Waals surface area contributed by atoms with Crippen molar-refractivity contribution in [2.24, 2.45) is 5.92 Å². The fourth-order valence-corrected chi connectivity index (χ4v) is 6.03. The predicted octanol–water partition coefficient (Wildman–Crippen LogP) is 8.38. The van der Waals surface area contributed by atoms with Crippen molar-refractivity contribution < 1.29 is 27.5 Å². The maximum Gasteiger partial charge on any atom is 0.235 e. The molecule has 8 nitrogen and oxygen atoms in total. The van der Waals surface area contributed by atoms with Gasteiger partial charge in [-0.1, -0.05) is 47.5 Å². The summed E-state index contributed by atoms with van der Waals surface area (Å²) in [5, 5.41) is 1.47. The van der Waals surface area contributed by atoms with Gasteiger partial charge in [0.1, 0.15) is 23.9 Å². The third-order valence-corrected chi connectivity index (χ3v) is 8.28. The second-order valence-corrected chi connectivity index (χ2v) is 11.4. The second kappa shape index (κ2) is 10.4. The zero-order valence-corrected chi connectivity index (χ0v) is 24.1. The summed E-state index contributed by atoms with van der Waals surface area (Å²) in [5.41, 5.74) is 1.72. The first-order valence-corrected chi connectivity index (χ1v) is 14.5. The van der Waals surface area contributed by atoms with E-state index in [4.69, 9.17) is 50.7 Å². The lowest BCUT2D eigenvalue weighted by atomic mass is 9.87. The van der Waals surface area contributed by atoms with E-state index < -0.39 is 12.2 Å². The van der Waals surface area contributed by atoms with Gasteiger partial charge in [-0.25, -0.2) is 0 Å². The third kappa shape index (κ3) is 4.37. The molecule has 0 N–H and O–H groups in total. The van der Waals surface area contributed by atoms with E-state index in [9.17, 15) is 9.59 Å². The number of furan rings is 1. The Morgan fingerprint density at radius 2 is 1.52 bits per heavy atom. The summed E-state index contributed by atoms with van der Waals surface area (Å²) in [6, 6.07) is 20.7. The third-order valence-electron chi connectivity index (χ3n) is 7.81. The Bertz CT molecular complexity index is 2210. The molecule has 218 valence electrons. The van der Waals surface area contributed by atoms with E-state index >= 15 is 0 Å². The number of benzene rings is 3. The molecule has 5 heterocycles. The van der Waals surface area contributed by atoms with Gasteiger partial charge in [-0.3, -0.25) is 9.59 Å². The van der Waals surface area contributed by atoms with Crippen LogP contribution in [0, 0.1) is 5.92 Å². The quantitative estimate of drug-likeness (QED) is 0.188. The normalized spacial score (nSPS) is 18.5. The highest BCUT2D eigenvalue weighted by Gasteiger charge is 2.45. The number of rotatable bonds is 5. The van der Waals surface area contributed by atoms with Crippen LogP contribution in [-0.2, 0) is 11.3 Å². The van der Waals surface area contributed by atoms with Crippen LogP contribution in [0.5, 0.6) is 11.5 Å². The Balaban J connectivity index is 1.10. The molecule has 6 aromatic rings. The maximum absolute atomic E-state index is 13.5. The molecule has 0 radical (unpaired) electrons. The van der Waals surface area contributed by atoms with Gasteiger partial charge in [-0.05, 0) is 65.7 Å². The van der Waals surface area contributed by atoms with Crippen molar-refractivity contribution in [1.82, 2.24) is 0 Å². The van der Waals surface area contributed by atoms with Gasteiger partial charge in [0.2, 0.25) is 28.1 Å². The molecule has 3 aromatic carbocycles. The number of fused-ring (bicyclic) bond motifs is 5. The van der Waals surface area contributed by atoms with E-state index in [2.05, 4.69) is 0 Å². The zero-order chi connectivity index (χ0) is 29.9. The molecule has 0 unspecified atom stereocenters. The molecular weight excluding hydrogens is 607 g/mol. The van der Waals surface area contributed by atoms with Crippen molar-refractivity contribution >= 4 is 45.1 Å². The smallest absolute Gasteiger partial charge is 0.235 e. The summed E-state index contributed by atoms with van der Waals surface area (Å²) >= 11 is 12.3. The predicted molar refractivity (Wildman–Crippen MR) is 163 cm³/mol. The first-order valence-electron chi connectivity index (χ1n) is 13.7. The van der Waals surface area contributed by atoms with Crippen LogP contribution < -0.4 is 20.3 Å². The van der Waals surface area contributed by atoms with E-state index in [-0.39, 0.29) is 40.6 Å². The first kappa shape index (κ1) is 26.7. The molecule has 0 fully saturated rings. The second-order valence-electron chi connectivity index (χ2n) is 10.5. The summed E-state index contributed by atoms with van der Waals surface area (Å²) < 4.78 is 35.9. The highest BCUT2D eigenvalue weighted by Crippen LogP contribution is 2.49. The average molecular weight is 627 g/mol. The van der Waals surface area contributed by atoms with Gasteiger partial charge >= 0.3 is 0 Å². The summed E-state index contributed by atoms with van der Waals surface area (Å²) in [5.74, 6) is 0.801. The SMILES string of the molecule is O=c1c(OCc2ccc([C@@H]3Oc4c(oc5ccc(Cl)cc5c4=O)[C@@H]4OC=C[C@H]34)cc2)c(-c2ccco2)oc2ccc(Cl)cc12. The maximum atomic E-state index is 13.5. The Morgan fingerprint density at radius 3 is 2.25 bits per heavy atom. The van der Waals surface area contributed by atoms with Crippen molar-refractivity contribution in [3.8, 4) is 23.0 Å². The van der Waals surface area contributed by atoms with Gasteiger partial charge in [-0.15, -0.1) is 0 Å². The van der Waals surface area contributed by atoms with Crippen LogP contribution in [0.1, 0.15) is 29.1 Å². The van der Waals surface area contributed by atoms with Crippen LogP contribution >= 0.6 is 23.2 Å². The van der Waals surface area contributed by atoms with E-state index in [1.807, 2.05) is 30.3 Å². The fourth-order valence-electron chi connectivity index (χ4n) is 5.68. The average Bonchev–Trinajstić information content (AvgIpc) is 3.75. The Labute approximate surface area is 258 Å². The minimum Gasteiger partial charge on any atom is -0.489 e. The number of halogens is 2. The number of hydrogen-bond donors (Lipinski definition) is 0. The molecule has 3 aromatic heterocycles. The van der Waals surface area contributed by atoms with E-state index in [1.165, 1.54) is 6.26 Å². The number of hydrogen-bond acceptors (Lipinski definition) is 8. The summed E-state index contributed by atoms with van der Waals surface area (Å²) in [6.07, 6.45) is 3.98. The highest BCUT2D eigenvalue weighted by atomic mass is 35.5. The van der Waals surface area contributed by atoms with Gasteiger partial charge < -0.3 is 27.5 Å². The van der Waals surface area contributed by atoms with Crippen molar-refractivity contribution in [3.05, 3.63) is 139 Å². The van der Waals surface area contributed by atoms with Gasteiger partial charge in [-0.2, -0.15) is 0 Å². The molecule has 44 heavy (non-hydrogen) atoms. The summed E-state index contributed by atoms with van der Waals surface area (Å²) in [4.78, 5) is 26.9. The lowest BCUT2D eigenvalue weighted by molar-refractivity contribution is 0.0159. The largest absolute Gasteiger partial charge is 0.489 e. The lowest BCUT2D eigenvalue weighted by Crippen LogP contribution is -2.30. The standard InChI is InChI=1S/C34H20Cl2O8/c35-19-7-9-24-22(14-19)27(37)32(31(42-24)26-2-1-12-39-26)41-16-17-3-5-18(6-4-17)29-21-11-13-40-30(21)34-33(44-29)28(38)23-15-20(36)8-10-25(23)43-34/h1-15,21,29-30H,16H2/t21-,29+,30-/m1/s1. The van der Waals surface area contributed by atoms with Crippen LogP contribution in [0.4, 0.5) is 0 Å². The molecule has 2 aliphatic rings. The minimum atomic E-state index is -0.514. The molecule has 8 rings (SSSR count). The first-order chi connectivity index (χ1) is 21.4. The van der Waals surface area contributed by atoms with Crippen LogP contribution in [0.3, 0.4) is 0 Å². The molecule has 0 saturated carbocycles. The molecule has 3 atom stereocenters. The van der Waals surface area contributed by atoms with Gasteiger partial charge in [0.15, 0.2) is 17.6 Å². The Hall–Kier alpha value is -4.92. The van der Waals surface area contributed by atoms with Crippen molar-refractivity contribution in [3.63, 3.8) is 0 Å². The molecule has 10 heteroatoms. The highest BCUT2D eigenvalue weighted by molar-refractivity contribution is 6.31. The fraction of sp³-hybridized carbons (Fsp3) is 0.118. The van der Waals surface area contributed by atoms with Crippen molar-refractivity contribution in [2.75, 3.05) is 0 Å². The molecule has 0 aliphatic carbocycles. The molecule has 2 aliphatic heterocycles. The minimum absolute atomic E-state index is 0.0150. The van der Waals surface area contributed by atoms with Gasteiger partial charge in [0.05, 0.1) is 29.2 Å². The summed E-state index contributed by atoms with van der Waals surface area (Å²) in [7, 11) is 0.